The molecule has 2 rings (SSSR count). The lowest BCUT2D eigenvalue weighted by Gasteiger charge is -2.21. The second-order valence-electron chi connectivity index (χ2n) is 4.81. The van der Waals surface area contributed by atoms with Gasteiger partial charge in [0.15, 0.2) is 5.96 Å². The smallest absolute Gasteiger partial charge is 0.193 e. The van der Waals surface area contributed by atoms with Crippen LogP contribution in [0.5, 0.6) is 0 Å². The Labute approximate surface area is 133 Å². The third-order valence-corrected chi connectivity index (χ3v) is 3.92. The monoisotopic (exact) mass is 316 g/mol. The Morgan fingerprint density at radius 2 is 2.27 bits per heavy atom. The van der Waals surface area contributed by atoms with Crippen LogP contribution in [0.4, 0.5) is 4.39 Å². The second kappa shape index (κ2) is 7.57. The van der Waals surface area contributed by atoms with Gasteiger partial charge in [0.25, 0.3) is 0 Å². The number of guanidine groups is 1. The Bertz CT molecular complexity index is 689. The zero-order chi connectivity index (χ0) is 15.9. The maximum absolute atomic E-state index is 13.8. The minimum Gasteiger partial charge on any atom is -0.352 e. The quantitative estimate of drug-likeness (QED) is 0.697. The van der Waals surface area contributed by atoms with E-state index in [4.69, 9.17) is 5.26 Å². The van der Waals surface area contributed by atoms with E-state index >= 15 is 0 Å². The lowest BCUT2D eigenvalue weighted by Crippen LogP contribution is -2.38. The molecule has 4 nitrogen and oxygen atoms in total. The van der Waals surface area contributed by atoms with E-state index in [0.29, 0.717) is 17.1 Å². The fraction of sp³-hybridized carbons (Fsp3) is 0.250. The van der Waals surface area contributed by atoms with Crippen LogP contribution in [0.15, 0.2) is 40.0 Å². The molecule has 1 aromatic carbocycles. The molecule has 0 saturated carbocycles. The summed E-state index contributed by atoms with van der Waals surface area (Å²) in [6.07, 6.45) is 0. The van der Waals surface area contributed by atoms with E-state index in [0.717, 1.165) is 6.54 Å². The van der Waals surface area contributed by atoms with Crippen molar-refractivity contribution < 1.29 is 4.39 Å². The van der Waals surface area contributed by atoms with Gasteiger partial charge in [-0.2, -0.15) is 16.6 Å². The first-order valence-electron chi connectivity index (χ1n) is 6.75. The van der Waals surface area contributed by atoms with Crippen molar-refractivity contribution in [2.75, 3.05) is 14.1 Å². The Hall–Kier alpha value is -2.39. The normalized spacial score (nSPS) is 11.1. The standard InChI is InChI=1S/C16H17FN4S/c1-19-16(21(2)10-13-5-6-22-11-13)20-9-14-7-12(8-18)3-4-15(14)17/h3-7,11H,9-10H2,1-2H3,(H,19,20). The van der Waals surface area contributed by atoms with Gasteiger partial charge in [0.1, 0.15) is 5.82 Å². The van der Waals surface area contributed by atoms with Crippen LogP contribution in [-0.4, -0.2) is 25.0 Å². The molecule has 0 radical (unpaired) electrons. The number of nitriles is 1. The average molecular weight is 316 g/mol. The van der Waals surface area contributed by atoms with E-state index in [1.165, 1.54) is 17.7 Å². The first kappa shape index (κ1) is 16.0. The average Bonchev–Trinajstić information content (AvgIpc) is 3.02. The summed E-state index contributed by atoms with van der Waals surface area (Å²) in [6.45, 7) is 1.01. The topological polar surface area (TPSA) is 51.4 Å². The zero-order valence-corrected chi connectivity index (χ0v) is 13.3. The van der Waals surface area contributed by atoms with Gasteiger partial charge in [-0.1, -0.05) is 0 Å². The fourth-order valence-electron chi connectivity index (χ4n) is 2.07. The van der Waals surface area contributed by atoms with Gasteiger partial charge >= 0.3 is 0 Å². The minimum atomic E-state index is -0.331. The van der Waals surface area contributed by atoms with Gasteiger partial charge in [0.05, 0.1) is 11.6 Å². The van der Waals surface area contributed by atoms with Gasteiger partial charge in [-0.3, -0.25) is 4.99 Å². The van der Waals surface area contributed by atoms with Crippen molar-refractivity contribution in [3.05, 3.63) is 57.5 Å². The summed E-state index contributed by atoms with van der Waals surface area (Å²) in [6, 6.07) is 8.41. The Balaban J connectivity index is 2.01. The lowest BCUT2D eigenvalue weighted by molar-refractivity contribution is 0.476. The summed E-state index contributed by atoms with van der Waals surface area (Å²) >= 11 is 1.65. The molecular formula is C16H17FN4S. The summed E-state index contributed by atoms with van der Waals surface area (Å²) in [4.78, 5) is 6.17. The molecule has 0 fully saturated rings. The van der Waals surface area contributed by atoms with Crippen LogP contribution >= 0.6 is 11.3 Å². The molecule has 6 heteroatoms. The molecule has 22 heavy (non-hydrogen) atoms. The number of nitrogens with one attached hydrogen (secondary N) is 1. The number of halogens is 1. The largest absolute Gasteiger partial charge is 0.352 e. The number of rotatable bonds is 4. The Kier molecular flexibility index (Phi) is 5.50. The number of benzene rings is 1. The highest BCUT2D eigenvalue weighted by Crippen LogP contribution is 2.11. The molecule has 0 spiro atoms. The highest BCUT2D eigenvalue weighted by molar-refractivity contribution is 7.07. The fourth-order valence-corrected chi connectivity index (χ4v) is 2.73. The molecule has 0 aliphatic heterocycles. The second-order valence-corrected chi connectivity index (χ2v) is 5.59. The van der Waals surface area contributed by atoms with Gasteiger partial charge in [0.2, 0.25) is 0 Å². The molecule has 0 bridgehead atoms. The van der Waals surface area contributed by atoms with Crippen molar-refractivity contribution in [3.8, 4) is 6.07 Å². The predicted octanol–water partition coefficient (Wildman–Crippen LogP) is 2.97. The number of hydrogen-bond donors (Lipinski definition) is 1. The van der Waals surface area contributed by atoms with Crippen LogP contribution in [0, 0.1) is 17.1 Å². The van der Waals surface area contributed by atoms with Crippen LogP contribution < -0.4 is 5.32 Å². The Morgan fingerprint density at radius 1 is 1.45 bits per heavy atom. The van der Waals surface area contributed by atoms with E-state index in [2.05, 4.69) is 21.8 Å². The van der Waals surface area contributed by atoms with Gasteiger partial charge in [0, 0.05) is 32.7 Å². The predicted molar refractivity (Wildman–Crippen MR) is 87.1 cm³/mol. The summed E-state index contributed by atoms with van der Waals surface area (Å²) in [5.74, 6) is 0.343. The highest BCUT2D eigenvalue weighted by atomic mass is 32.1. The molecule has 0 atom stereocenters. The van der Waals surface area contributed by atoms with Gasteiger partial charge in [-0.05, 0) is 40.6 Å². The van der Waals surface area contributed by atoms with E-state index in [1.54, 1.807) is 24.5 Å². The molecule has 1 heterocycles. The molecule has 1 aromatic heterocycles. The minimum absolute atomic E-state index is 0.280. The zero-order valence-electron chi connectivity index (χ0n) is 12.5. The number of aliphatic imine (C=N–C) groups is 1. The molecular weight excluding hydrogens is 299 g/mol. The van der Waals surface area contributed by atoms with Crippen molar-refractivity contribution >= 4 is 17.3 Å². The lowest BCUT2D eigenvalue weighted by atomic mass is 10.1. The summed E-state index contributed by atoms with van der Waals surface area (Å²) in [5.41, 5.74) is 2.09. The molecule has 114 valence electrons. The van der Waals surface area contributed by atoms with E-state index in [9.17, 15) is 4.39 Å². The molecule has 0 unspecified atom stereocenters. The van der Waals surface area contributed by atoms with E-state index < -0.39 is 0 Å². The van der Waals surface area contributed by atoms with Crippen LogP contribution in [0.3, 0.4) is 0 Å². The van der Waals surface area contributed by atoms with Crippen molar-refractivity contribution in [1.82, 2.24) is 10.2 Å². The summed E-state index contributed by atoms with van der Waals surface area (Å²) in [5, 5.41) is 16.1. The summed E-state index contributed by atoms with van der Waals surface area (Å²) in [7, 11) is 3.61. The molecule has 2 aromatic rings. The first-order chi connectivity index (χ1) is 10.6. The van der Waals surface area contributed by atoms with Gasteiger partial charge in [-0.15, -0.1) is 0 Å². The maximum atomic E-state index is 13.8. The number of nitrogens with zero attached hydrogens (tertiary/aromatic N) is 3. The van der Waals surface area contributed by atoms with Crippen LogP contribution in [0.2, 0.25) is 0 Å². The first-order valence-corrected chi connectivity index (χ1v) is 7.69. The van der Waals surface area contributed by atoms with Gasteiger partial charge < -0.3 is 10.2 Å². The Morgan fingerprint density at radius 3 is 2.91 bits per heavy atom. The molecule has 0 aliphatic rings. The van der Waals surface area contributed by atoms with Crippen molar-refractivity contribution in [1.29, 1.82) is 5.26 Å². The third-order valence-electron chi connectivity index (χ3n) is 3.18. The molecule has 0 saturated heterocycles. The molecule has 0 amide bonds. The van der Waals surface area contributed by atoms with Crippen LogP contribution in [-0.2, 0) is 13.1 Å². The molecule has 1 N–H and O–H groups in total. The maximum Gasteiger partial charge on any atom is 0.193 e. The van der Waals surface area contributed by atoms with E-state index in [-0.39, 0.29) is 12.4 Å². The van der Waals surface area contributed by atoms with Gasteiger partial charge in [-0.25, -0.2) is 4.39 Å². The third kappa shape index (κ3) is 4.06. The SMILES string of the molecule is CN=C(NCc1cc(C#N)ccc1F)N(C)Cc1ccsc1. The number of hydrogen-bond acceptors (Lipinski definition) is 3. The summed E-state index contributed by atoms with van der Waals surface area (Å²) < 4.78 is 13.8. The number of thiophene rings is 1. The van der Waals surface area contributed by atoms with Crippen LogP contribution in [0.25, 0.3) is 0 Å². The van der Waals surface area contributed by atoms with E-state index in [1.807, 2.05) is 23.4 Å². The van der Waals surface area contributed by atoms with Crippen molar-refractivity contribution in [3.63, 3.8) is 0 Å². The van der Waals surface area contributed by atoms with Crippen LogP contribution in [0.1, 0.15) is 16.7 Å². The van der Waals surface area contributed by atoms with Crippen molar-refractivity contribution in [2.45, 2.75) is 13.1 Å². The highest BCUT2D eigenvalue weighted by Gasteiger charge is 2.09. The molecule has 0 aliphatic carbocycles. The van der Waals surface area contributed by atoms with Crippen molar-refractivity contribution in [2.24, 2.45) is 4.99 Å².